The maximum Gasteiger partial charge on any atom is 0.290 e. The van der Waals surface area contributed by atoms with E-state index in [0.29, 0.717) is 35.8 Å². The lowest BCUT2D eigenvalue weighted by Gasteiger charge is -2.16. The number of hydrogen-bond acceptors (Lipinski definition) is 8. The monoisotopic (exact) mass is 397 g/mol. The topological polar surface area (TPSA) is 100 Å². The van der Waals surface area contributed by atoms with E-state index in [0.717, 1.165) is 17.9 Å². The van der Waals surface area contributed by atoms with Crippen molar-refractivity contribution in [3.8, 4) is 11.6 Å². The van der Waals surface area contributed by atoms with E-state index in [4.69, 9.17) is 9.47 Å². The maximum atomic E-state index is 12.5. The van der Waals surface area contributed by atoms with E-state index in [1.165, 1.54) is 9.48 Å². The first-order chi connectivity index (χ1) is 14.0. The molecule has 0 spiro atoms. The number of nitrogens with zero attached hydrogens (tertiary/aromatic N) is 7. The van der Waals surface area contributed by atoms with Crippen LogP contribution in [0.25, 0.3) is 0 Å². The summed E-state index contributed by atoms with van der Waals surface area (Å²) in [6.45, 7) is 0.512. The van der Waals surface area contributed by atoms with Gasteiger partial charge in [-0.3, -0.25) is 9.78 Å². The third-order valence-corrected chi connectivity index (χ3v) is 5.06. The van der Waals surface area contributed by atoms with Crippen LogP contribution in [0.3, 0.4) is 0 Å². The highest BCUT2D eigenvalue weighted by molar-refractivity contribution is 5.57. The van der Waals surface area contributed by atoms with E-state index in [-0.39, 0.29) is 5.56 Å². The number of ether oxygens (including phenoxy) is 2. The normalized spacial score (nSPS) is 17.8. The minimum absolute atomic E-state index is 0.239. The van der Waals surface area contributed by atoms with Gasteiger partial charge in [0.15, 0.2) is 5.82 Å². The fourth-order valence-electron chi connectivity index (χ4n) is 3.21. The molecule has 10 nitrogen and oxygen atoms in total. The first kappa shape index (κ1) is 18.9. The van der Waals surface area contributed by atoms with Gasteiger partial charge in [-0.1, -0.05) is 0 Å². The Bertz CT molecular complexity index is 1060. The minimum atomic E-state index is -0.239. The van der Waals surface area contributed by atoms with Crippen LogP contribution >= 0.6 is 0 Å². The average molecular weight is 397 g/mol. The van der Waals surface area contributed by atoms with E-state index in [2.05, 4.69) is 20.3 Å². The van der Waals surface area contributed by atoms with Crippen LogP contribution in [0.5, 0.6) is 11.6 Å². The summed E-state index contributed by atoms with van der Waals surface area (Å²) < 4.78 is 12.3. The molecule has 3 aromatic heterocycles. The average Bonchev–Trinajstić information content (AvgIpc) is 3.38. The van der Waals surface area contributed by atoms with Gasteiger partial charge in [-0.15, -0.1) is 10.2 Å². The summed E-state index contributed by atoms with van der Waals surface area (Å²) in [5, 5.41) is 12.5. The summed E-state index contributed by atoms with van der Waals surface area (Å²) in [5.41, 5.74) is 1.22. The molecule has 1 aliphatic rings. The first-order valence-electron chi connectivity index (χ1n) is 9.27. The van der Waals surface area contributed by atoms with Gasteiger partial charge in [0.25, 0.3) is 5.56 Å². The lowest BCUT2D eigenvalue weighted by molar-refractivity contribution is 0.278. The molecule has 0 saturated heterocycles. The predicted octanol–water partition coefficient (Wildman–Crippen LogP) is 1.26. The lowest BCUT2D eigenvalue weighted by atomic mass is 10.2. The quantitative estimate of drug-likeness (QED) is 0.587. The molecule has 1 saturated carbocycles. The number of aromatic nitrogens is 6. The Labute approximate surface area is 167 Å². The molecule has 0 radical (unpaired) electrons. The Morgan fingerprint density at radius 3 is 2.72 bits per heavy atom. The van der Waals surface area contributed by atoms with Gasteiger partial charge in [0.2, 0.25) is 5.88 Å². The summed E-state index contributed by atoms with van der Waals surface area (Å²) in [7, 11) is 6.71. The van der Waals surface area contributed by atoms with E-state index in [1.807, 2.05) is 12.1 Å². The highest BCUT2D eigenvalue weighted by Gasteiger charge is 2.40. The van der Waals surface area contributed by atoms with Gasteiger partial charge >= 0.3 is 0 Å². The number of pyridine rings is 1. The third-order valence-electron chi connectivity index (χ3n) is 5.06. The molecule has 0 N–H and O–H groups in total. The molecule has 29 heavy (non-hydrogen) atoms. The van der Waals surface area contributed by atoms with Gasteiger partial charge in [0.05, 0.1) is 26.1 Å². The van der Waals surface area contributed by atoms with Crippen molar-refractivity contribution in [2.75, 3.05) is 25.7 Å². The van der Waals surface area contributed by atoms with Crippen LogP contribution in [0.1, 0.15) is 18.0 Å². The molecule has 0 amide bonds. The van der Waals surface area contributed by atoms with E-state index in [9.17, 15) is 4.79 Å². The number of anilines is 2. The zero-order valence-corrected chi connectivity index (χ0v) is 16.8. The molecule has 1 aliphatic carbocycles. The van der Waals surface area contributed by atoms with Gasteiger partial charge in [0.1, 0.15) is 11.4 Å². The van der Waals surface area contributed by atoms with Crippen LogP contribution in [0.15, 0.2) is 35.4 Å². The summed E-state index contributed by atoms with van der Waals surface area (Å²) >= 11 is 0. The van der Waals surface area contributed by atoms with Crippen molar-refractivity contribution in [2.45, 2.75) is 12.3 Å². The van der Waals surface area contributed by atoms with Crippen LogP contribution in [-0.4, -0.2) is 50.5 Å². The molecule has 0 bridgehead atoms. The Morgan fingerprint density at radius 2 is 2.07 bits per heavy atom. The van der Waals surface area contributed by atoms with E-state index in [1.54, 1.807) is 51.6 Å². The van der Waals surface area contributed by atoms with Crippen molar-refractivity contribution in [3.63, 3.8) is 0 Å². The standard InChI is InChI=1S/C19H23N7O3/c1-24(17-10-21-26(3)22-17)16-8-18(23-25(2)19(16)27)29-11-12-7-14(12)15-6-5-13(28-4)9-20-15/h5-6,8-10,12,14H,7,11H2,1-4H3/t12-,14+/m1/s1. The third kappa shape index (κ3) is 3.91. The van der Waals surface area contributed by atoms with Crippen molar-refractivity contribution < 1.29 is 9.47 Å². The predicted molar refractivity (Wildman–Crippen MR) is 106 cm³/mol. The van der Waals surface area contributed by atoms with Crippen LogP contribution in [-0.2, 0) is 14.1 Å². The van der Waals surface area contributed by atoms with Crippen LogP contribution in [0.4, 0.5) is 11.5 Å². The Hall–Kier alpha value is -3.43. The molecule has 1 fully saturated rings. The second kappa shape index (κ2) is 7.53. The molecule has 0 aliphatic heterocycles. The van der Waals surface area contributed by atoms with Crippen molar-refractivity contribution in [1.82, 2.24) is 29.8 Å². The summed E-state index contributed by atoms with van der Waals surface area (Å²) in [4.78, 5) is 20.1. The minimum Gasteiger partial charge on any atom is -0.495 e. The molecular formula is C19H23N7O3. The lowest BCUT2D eigenvalue weighted by Crippen LogP contribution is -2.27. The van der Waals surface area contributed by atoms with Gasteiger partial charge in [-0.25, -0.2) is 4.68 Å². The molecule has 0 aromatic carbocycles. The van der Waals surface area contributed by atoms with Crippen molar-refractivity contribution in [3.05, 3.63) is 46.6 Å². The molecule has 10 heteroatoms. The summed E-state index contributed by atoms with van der Waals surface area (Å²) in [5.74, 6) is 2.45. The molecule has 0 unspecified atom stereocenters. The molecule has 2 atom stereocenters. The molecule has 152 valence electrons. The van der Waals surface area contributed by atoms with Crippen LogP contribution in [0.2, 0.25) is 0 Å². The highest BCUT2D eigenvalue weighted by atomic mass is 16.5. The number of aryl methyl sites for hydroxylation is 2. The van der Waals surface area contributed by atoms with Gasteiger partial charge < -0.3 is 14.4 Å². The fourth-order valence-corrected chi connectivity index (χ4v) is 3.21. The molecular weight excluding hydrogens is 374 g/mol. The summed E-state index contributed by atoms with van der Waals surface area (Å²) in [6, 6.07) is 5.55. The highest BCUT2D eigenvalue weighted by Crippen LogP contribution is 2.46. The van der Waals surface area contributed by atoms with Crippen LogP contribution < -0.4 is 19.9 Å². The molecule has 4 rings (SSSR count). The van der Waals surface area contributed by atoms with E-state index >= 15 is 0 Å². The Kier molecular flexibility index (Phi) is 4.91. The maximum absolute atomic E-state index is 12.5. The SMILES string of the molecule is COc1ccc([C@H]2C[C@@H]2COc2cc(N(C)c3cnn(C)n3)c(=O)n(C)n2)nc1. The van der Waals surface area contributed by atoms with Gasteiger partial charge in [-0.05, 0) is 18.6 Å². The molecule has 3 heterocycles. The Morgan fingerprint density at radius 1 is 1.24 bits per heavy atom. The fraction of sp³-hybridized carbons (Fsp3) is 0.421. The zero-order valence-electron chi connectivity index (χ0n) is 16.8. The van der Waals surface area contributed by atoms with Crippen LogP contribution in [0, 0.1) is 5.92 Å². The summed E-state index contributed by atoms with van der Waals surface area (Å²) in [6.07, 6.45) is 4.34. The molecule has 3 aromatic rings. The second-order valence-electron chi connectivity index (χ2n) is 7.08. The van der Waals surface area contributed by atoms with Gasteiger partial charge in [0, 0.05) is 44.7 Å². The zero-order chi connectivity index (χ0) is 20.5. The van der Waals surface area contributed by atoms with Gasteiger partial charge in [-0.2, -0.15) is 9.90 Å². The van der Waals surface area contributed by atoms with E-state index < -0.39 is 0 Å². The number of hydrogen-bond donors (Lipinski definition) is 0. The Balaban J connectivity index is 1.44. The van der Waals surface area contributed by atoms with Crippen molar-refractivity contribution in [2.24, 2.45) is 20.0 Å². The number of rotatable bonds is 7. The first-order valence-corrected chi connectivity index (χ1v) is 9.27. The van der Waals surface area contributed by atoms with Crippen molar-refractivity contribution in [1.29, 1.82) is 0 Å². The largest absolute Gasteiger partial charge is 0.495 e. The number of methoxy groups -OCH3 is 1. The second-order valence-corrected chi connectivity index (χ2v) is 7.08. The van der Waals surface area contributed by atoms with Crippen molar-refractivity contribution >= 4 is 11.5 Å². The smallest absolute Gasteiger partial charge is 0.290 e.